The summed E-state index contributed by atoms with van der Waals surface area (Å²) >= 11 is 0. The molecule has 2 aromatic carbocycles. The van der Waals surface area contributed by atoms with Crippen molar-refractivity contribution >= 4 is 14.0 Å². The molecule has 1 saturated carbocycles. The van der Waals surface area contributed by atoms with Gasteiger partial charge in [-0.05, 0) is 43.0 Å². The number of hydrogen-bond donors (Lipinski definition) is 2. The van der Waals surface area contributed by atoms with Crippen LogP contribution in [0.4, 0.5) is 4.39 Å². The number of carbonyl (C=O) groups is 1. The molecule has 4 rings (SSSR count). The fourth-order valence-electron chi connectivity index (χ4n) is 4.04. The standard InChI is InChI=1S/C27H25FNO5P/c1-3-22(35(32)33)21(30)15-23(31)34-27-24(17-11-13-20(28)14-12-17)16(2)25(18-7-5-4-6-8-18)29-26(27)19-9-10-19/h1,4-8,11-14,19,21-22,30,35H,9-10,15H2,2H3,(H,32,33). The summed E-state index contributed by atoms with van der Waals surface area (Å²) < 4.78 is 30.9. The van der Waals surface area contributed by atoms with Crippen molar-refractivity contribution in [3.05, 3.63) is 71.7 Å². The first-order valence-electron chi connectivity index (χ1n) is 11.2. The van der Waals surface area contributed by atoms with E-state index in [4.69, 9.17) is 16.1 Å². The van der Waals surface area contributed by atoms with Crippen LogP contribution in [-0.2, 0) is 9.36 Å². The summed E-state index contributed by atoms with van der Waals surface area (Å²) in [5.74, 6) is 1.21. The zero-order valence-electron chi connectivity index (χ0n) is 19.1. The van der Waals surface area contributed by atoms with Crippen molar-refractivity contribution in [2.45, 2.75) is 43.9 Å². The van der Waals surface area contributed by atoms with Gasteiger partial charge in [-0.25, -0.2) is 9.37 Å². The Balaban J connectivity index is 1.82. The maximum atomic E-state index is 13.7. The second kappa shape index (κ2) is 10.5. The number of pyridine rings is 1. The highest BCUT2D eigenvalue weighted by Crippen LogP contribution is 2.49. The molecule has 180 valence electrons. The molecule has 1 aromatic heterocycles. The minimum atomic E-state index is -3.24. The Morgan fingerprint density at radius 3 is 2.43 bits per heavy atom. The van der Waals surface area contributed by atoms with E-state index in [0.717, 1.165) is 29.7 Å². The third kappa shape index (κ3) is 5.52. The lowest BCUT2D eigenvalue weighted by Gasteiger charge is -2.21. The van der Waals surface area contributed by atoms with Crippen molar-refractivity contribution in [2.75, 3.05) is 0 Å². The number of hydrogen-bond acceptors (Lipinski definition) is 5. The van der Waals surface area contributed by atoms with Gasteiger partial charge < -0.3 is 14.7 Å². The van der Waals surface area contributed by atoms with E-state index in [1.165, 1.54) is 12.1 Å². The van der Waals surface area contributed by atoms with Gasteiger partial charge in [0.05, 0.1) is 23.9 Å². The number of benzene rings is 2. The average Bonchev–Trinajstić information content (AvgIpc) is 3.66. The Morgan fingerprint density at radius 1 is 1.20 bits per heavy atom. The number of carbonyl (C=O) groups excluding carboxylic acids is 1. The second-order valence-electron chi connectivity index (χ2n) is 8.55. The van der Waals surface area contributed by atoms with Crippen LogP contribution < -0.4 is 4.74 Å². The molecule has 3 atom stereocenters. The summed E-state index contributed by atoms with van der Waals surface area (Å²) in [7, 11) is -3.24. The van der Waals surface area contributed by atoms with Crippen LogP contribution in [0, 0.1) is 25.1 Å². The van der Waals surface area contributed by atoms with Crippen LogP contribution >= 0.6 is 8.03 Å². The van der Waals surface area contributed by atoms with E-state index in [-0.39, 0.29) is 11.7 Å². The van der Waals surface area contributed by atoms with Gasteiger partial charge in [0.1, 0.15) is 11.5 Å². The van der Waals surface area contributed by atoms with Crippen LogP contribution in [0.15, 0.2) is 54.6 Å². The number of ether oxygens (including phenoxy) is 1. The first-order chi connectivity index (χ1) is 16.8. The fourth-order valence-corrected chi connectivity index (χ4v) is 4.63. The van der Waals surface area contributed by atoms with Crippen LogP contribution in [-0.4, -0.2) is 32.7 Å². The summed E-state index contributed by atoms with van der Waals surface area (Å²) in [6.45, 7) is 1.86. The lowest BCUT2D eigenvalue weighted by Crippen LogP contribution is -2.27. The average molecular weight is 493 g/mol. The number of esters is 1. The number of terminal acetylenes is 1. The fraction of sp³-hybridized carbons (Fsp3) is 0.259. The summed E-state index contributed by atoms with van der Waals surface area (Å²) in [5, 5.41) is 10.2. The van der Waals surface area contributed by atoms with Crippen molar-refractivity contribution in [1.29, 1.82) is 0 Å². The van der Waals surface area contributed by atoms with E-state index in [0.29, 0.717) is 16.8 Å². The van der Waals surface area contributed by atoms with E-state index in [1.807, 2.05) is 37.3 Å². The van der Waals surface area contributed by atoms with E-state index in [2.05, 4.69) is 5.92 Å². The molecule has 3 unspecified atom stereocenters. The Hall–Kier alpha value is -3.30. The molecule has 1 fully saturated rings. The largest absolute Gasteiger partial charge is 0.424 e. The molecule has 6 nitrogen and oxygen atoms in total. The second-order valence-corrected chi connectivity index (χ2v) is 9.85. The highest BCUT2D eigenvalue weighted by Gasteiger charge is 2.34. The van der Waals surface area contributed by atoms with E-state index >= 15 is 0 Å². The first kappa shape index (κ1) is 24.8. The molecule has 0 aliphatic heterocycles. The normalized spacial score (nSPS) is 15.6. The van der Waals surface area contributed by atoms with E-state index in [1.54, 1.807) is 12.1 Å². The number of aliphatic hydroxyl groups is 1. The lowest BCUT2D eigenvalue weighted by atomic mass is 9.94. The van der Waals surface area contributed by atoms with Gasteiger partial charge in [0.2, 0.25) is 8.03 Å². The minimum Gasteiger partial charge on any atom is -0.424 e. The van der Waals surface area contributed by atoms with Crippen LogP contribution in [0.25, 0.3) is 22.4 Å². The molecule has 0 bridgehead atoms. The van der Waals surface area contributed by atoms with Gasteiger partial charge >= 0.3 is 5.97 Å². The van der Waals surface area contributed by atoms with Gasteiger partial charge in [-0.1, -0.05) is 48.4 Å². The highest BCUT2D eigenvalue weighted by atomic mass is 31.1. The van der Waals surface area contributed by atoms with E-state index < -0.39 is 38.0 Å². The van der Waals surface area contributed by atoms with Crippen LogP contribution in [0.5, 0.6) is 5.75 Å². The third-order valence-corrected chi connectivity index (χ3v) is 7.07. The first-order valence-corrected chi connectivity index (χ1v) is 12.7. The molecule has 35 heavy (non-hydrogen) atoms. The van der Waals surface area contributed by atoms with Gasteiger partial charge in [0.15, 0.2) is 5.75 Å². The van der Waals surface area contributed by atoms with Crippen molar-refractivity contribution < 1.29 is 28.5 Å². The molecule has 3 aromatic rings. The molecule has 0 radical (unpaired) electrons. The monoisotopic (exact) mass is 493 g/mol. The number of aliphatic hydroxyl groups excluding tert-OH is 1. The Kier molecular flexibility index (Phi) is 7.47. The summed E-state index contributed by atoms with van der Waals surface area (Å²) in [5.41, 5.74) is 2.89. The maximum absolute atomic E-state index is 13.7. The molecule has 0 spiro atoms. The third-order valence-electron chi connectivity index (χ3n) is 5.99. The van der Waals surface area contributed by atoms with Crippen LogP contribution in [0.3, 0.4) is 0 Å². The maximum Gasteiger partial charge on any atom is 0.313 e. The summed E-state index contributed by atoms with van der Waals surface area (Å²) in [4.78, 5) is 27.1. The van der Waals surface area contributed by atoms with Crippen molar-refractivity contribution in [3.63, 3.8) is 0 Å². The number of nitrogens with zero attached hydrogens (tertiary/aromatic N) is 1. The molecule has 2 N–H and O–H groups in total. The van der Waals surface area contributed by atoms with Gasteiger partial charge in [-0.2, -0.15) is 0 Å². The smallest absolute Gasteiger partial charge is 0.313 e. The number of rotatable bonds is 8. The molecule has 0 saturated heterocycles. The summed E-state index contributed by atoms with van der Waals surface area (Å²) in [6.07, 6.45) is 4.92. The quantitative estimate of drug-likeness (QED) is 0.264. The predicted octanol–water partition coefficient (Wildman–Crippen LogP) is 4.87. The Bertz CT molecular complexity index is 1300. The number of aromatic nitrogens is 1. The lowest BCUT2D eigenvalue weighted by molar-refractivity contribution is -0.136. The molecule has 8 heteroatoms. The van der Waals surface area contributed by atoms with Crippen LogP contribution in [0.1, 0.15) is 36.4 Å². The molecule has 1 aliphatic carbocycles. The van der Waals surface area contributed by atoms with Crippen molar-refractivity contribution in [3.8, 4) is 40.5 Å². The predicted molar refractivity (Wildman–Crippen MR) is 132 cm³/mol. The van der Waals surface area contributed by atoms with Crippen molar-refractivity contribution in [1.82, 2.24) is 4.98 Å². The molecular formula is C27H25FNO5P. The van der Waals surface area contributed by atoms with Gasteiger partial charge in [0, 0.05) is 17.0 Å². The van der Waals surface area contributed by atoms with Gasteiger partial charge in [-0.15, -0.1) is 6.42 Å². The molecule has 1 heterocycles. The number of halogens is 1. The van der Waals surface area contributed by atoms with Gasteiger partial charge in [-0.3, -0.25) is 9.36 Å². The SMILES string of the molecule is C#CC(C(O)CC(=O)Oc1c(C2CC2)nc(-c2ccccc2)c(C)c1-c1ccc(F)cc1)[PH](=O)O. The highest BCUT2D eigenvalue weighted by molar-refractivity contribution is 7.39. The molecule has 1 aliphatic rings. The molecular weight excluding hydrogens is 468 g/mol. The minimum absolute atomic E-state index is 0.0948. The van der Waals surface area contributed by atoms with Gasteiger partial charge in [0.25, 0.3) is 0 Å². The van der Waals surface area contributed by atoms with E-state index in [9.17, 15) is 23.7 Å². The molecule has 0 amide bonds. The Labute approximate surface area is 203 Å². The topological polar surface area (TPSA) is 96.7 Å². The Morgan fingerprint density at radius 2 is 1.86 bits per heavy atom. The zero-order valence-corrected chi connectivity index (χ0v) is 20.1. The van der Waals surface area contributed by atoms with Crippen molar-refractivity contribution in [2.24, 2.45) is 0 Å². The van der Waals surface area contributed by atoms with Crippen LogP contribution in [0.2, 0.25) is 0 Å². The zero-order chi connectivity index (χ0) is 25.1. The summed E-state index contributed by atoms with van der Waals surface area (Å²) in [6, 6.07) is 15.5.